The fraction of sp³-hybridized carbons (Fsp3) is 0.455. The standard InChI is InChI=1S/C11H16BrNO3/c1-7-8(6-13-16-4)9(12)5-10(14-2)11(7)15-3/h5,13H,6H2,1-4H3. The van der Waals surface area contributed by atoms with E-state index in [0.29, 0.717) is 12.3 Å². The first kappa shape index (κ1) is 13.3. The van der Waals surface area contributed by atoms with Crippen LogP contribution in [0.3, 0.4) is 0 Å². The van der Waals surface area contributed by atoms with Gasteiger partial charge in [0.25, 0.3) is 0 Å². The summed E-state index contributed by atoms with van der Waals surface area (Å²) in [6.45, 7) is 2.59. The fourth-order valence-electron chi connectivity index (χ4n) is 1.54. The van der Waals surface area contributed by atoms with Crippen molar-refractivity contribution in [1.82, 2.24) is 5.48 Å². The third-order valence-electron chi connectivity index (χ3n) is 2.38. The first-order valence-electron chi connectivity index (χ1n) is 4.81. The molecule has 0 heterocycles. The van der Waals surface area contributed by atoms with Gasteiger partial charge in [-0.05, 0) is 18.6 Å². The van der Waals surface area contributed by atoms with Crippen LogP contribution in [0.15, 0.2) is 10.5 Å². The summed E-state index contributed by atoms with van der Waals surface area (Å²) >= 11 is 3.50. The Labute approximate surface area is 104 Å². The molecule has 1 rings (SSSR count). The van der Waals surface area contributed by atoms with Gasteiger partial charge in [0.1, 0.15) is 0 Å². The Balaban J connectivity index is 3.18. The molecule has 90 valence electrons. The Kier molecular flexibility index (Phi) is 5.05. The van der Waals surface area contributed by atoms with Gasteiger partial charge < -0.3 is 14.3 Å². The minimum atomic E-state index is 0.600. The Morgan fingerprint density at radius 2 is 1.94 bits per heavy atom. The number of hydrogen-bond donors (Lipinski definition) is 1. The molecule has 0 aliphatic heterocycles. The van der Waals surface area contributed by atoms with E-state index in [1.165, 1.54) is 0 Å². The van der Waals surface area contributed by atoms with Crippen molar-refractivity contribution in [3.8, 4) is 11.5 Å². The molecule has 0 atom stereocenters. The van der Waals surface area contributed by atoms with Crippen LogP contribution >= 0.6 is 15.9 Å². The van der Waals surface area contributed by atoms with E-state index in [1.54, 1.807) is 21.3 Å². The van der Waals surface area contributed by atoms with Gasteiger partial charge in [-0.15, -0.1) is 0 Å². The Morgan fingerprint density at radius 3 is 2.44 bits per heavy atom. The van der Waals surface area contributed by atoms with Crippen molar-refractivity contribution in [2.45, 2.75) is 13.5 Å². The average molecular weight is 290 g/mol. The van der Waals surface area contributed by atoms with Crippen LogP contribution in [0.2, 0.25) is 0 Å². The smallest absolute Gasteiger partial charge is 0.164 e. The van der Waals surface area contributed by atoms with Crippen LogP contribution in [0.5, 0.6) is 11.5 Å². The summed E-state index contributed by atoms with van der Waals surface area (Å²) in [7, 11) is 4.84. The van der Waals surface area contributed by atoms with Crippen LogP contribution in [-0.4, -0.2) is 21.3 Å². The van der Waals surface area contributed by atoms with E-state index in [-0.39, 0.29) is 0 Å². The van der Waals surface area contributed by atoms with Crippen LogP contribution in [0.4, 0.5) is 0 Å². The average Bonchev–Trinajstić information content (AvgIpc) is 2.28. The second-order valence-electron chi connectivity index (χ2n) is 3.22. The van der Waals surface area contributed by atoms with E-state index in [1.807, 2.05) is 13.0 Å². The van der Waals surface area contributed by atoms with Crippen molar-refractivity contribution in [3.05, 3.63) is 21.7 Å². The highest BCUT2D eigenvalue weighted by molar-refractivity contribution is 9.10. The summed E-state index contributed by atoms with van der Waals surface area (Å²) < 4.78 is 11.5. The molecule has 16 heavy (non-hydrogen) atoms. The summed E-state index contributed by atoms with van der Waals surface area (Å²) in [5.74, 6) is 1.46. The molecule has 0 saturated carbocycles. The largest absolute Gasteiger partial charge is 0.493 e. The number of nitrogens with one attached hydrogen (secondary N) is 1. The maximum Gasteiger partial charge on any atom is 0.164 e. The monoisotopic (exact) mass is 289 g/mol. The summed E-state index contributed by atoms with van der Waals surface area (Å²) in [6, 6.07) is 1.89. The zero-order valence-corrected chi connectivity index (χ0v) is 11.5. The molecular formula is C11H16BrNO3. The quantitative estimate of drug-likeness (QED) is 0.845. The molecule has 0 amide bonds. The van der Waals surface area contributed by atoms with E-state index >= 15 is 0 Å². The number of hydroxylamine groups is 1. The molecule has 0 aromatic heterocycles. The highest BCUT2D eigenvalue weighted by Crippen LogP contribution is 2.37. The van der Waals surface area contributed by atoms with Gasteiger partial charge in [0.15, 0.2) is 11.5 Å². The van der Waals surface area contributed by atoms with Crippen LogP contribution in [0.25, 0.3) is 0 Å². The van der Waals surface area contributed by atoms with Crippen LogP contribution in [0, 0.1) is 6.92 Å². The summed E-state index contributed by atoms with van der Waals surface area (Å²) in [5.41, 5.74) is 4.92. The van der Waals surface area contributed by atoms with Crippen molar-refractivity contribution < 1.29 is 14.3 Å². The fourth-order valence-corrected chi connectivity index (χ4v) is 2.18. The second-order valence-corrected chi connectivity index (χ2v) is 4.08. The molecule has 5 heteroatoms. The van der Waals surface area contributed by atoms with Gasteiger partial charge in [0.05, 0.1) is 21.3 Å². The summed E-state index contributed by atoms with van der Waals surface area (Å²) in [5, 5.41) is 0. The first-order valence-corrected chi connectivity index (χ1v) is 5.60. The van der Waals surface area contributed by atoms with Gasteiger partial charge in [-0.25, -0.2) is 0 Å². The molecule has 4 nitrogen and oxygen atoms in total. The van der Waals surface area contributed by atoms with Crippen molar-refractivity contribution >= 4 is 15.9 Å². The summed E-state index contributed by atoms with van der Waals surface area (Å²) in [6.07, 6.45) is 0. The zero-order valence-electron chi connectivity index (χ0n) is 9.89. The van der Waals surface area contributed by atoms with Crippen LogP contribution in [-0.2, 0) is 11.4 Å². The normalized spacial score (nSPS) is 10.3. The molecule has 0 unspecified atom stereocenters. The first-order chi connectivity index (χ1) is 7.65. The molecule has 0 bridgehead atoms. The van der Waals surface area contributed by atoms with Gasteiger partial charge >= 0.3 is 0 Å². The van der Waals surface area contributed by atoms with Crippen molar-refractivity contribution in [1.29, 1.82) is 0 Å². The molecule has 0 spiro atoms. The van der Waals surface area contributed by atoms with E-state index in [2.05, 4.69) is 21.4 Å². The minimum Gasteiger partial charge on any atom is -0.493 e. The number of methoxy groups -OCH3 is 2. The lowest BCUT2D eigenvalue weighted by Gasteiger charge is -2.16. The second kappa shape index (κ2) is 6.08. The van der Waals surface area contributed by atoms with E-state index in [9.17, 15) is 0 Å². The third-order valence-corrected chi connectivity index (χ3v) is 3.09. The van der Waals surface area contributed by atoms with Crippen LogP contribution < -0.4 is 15.0 Å². The molecule has 1 N–H and O–H groups in total. The van der Waals surface area contributed by atoms with E-state index in [0.717, 1.165) is 21.3 Å². The summed E-state index contributed by atoms with van der Waals surface area (Å²) in [4.78, 5) is 4.84. The Bertz CT molecular complexity index is 369. The highest BCUT2D eigenvalue weighted by atomic mass is 79.9. The lowest BCUT2D eigenvalue weighted by molar-refractivity contribution is 0.0863. The molecule has 1 aromatic carbocycles. The lowest BCUT2D eigenvalue weighted by Crippen LogP contribution is -2.13. The number of rotatable bonds is 5. The molecule has 0 radical (unpaired) electrons. The predicted molar refractivity (Wildman–Crippen MR) is 65.8 cm³/mol. The molecular weight excluding hydrogens is 274 g/mol. The van der Waals surface area contributed by atoms with Gasteiger partial charge in [0.2, 0.25) is 0 Å². The Hall–Kier alpha value is -0.780. The van der Waals surface area contributed by atoms with Crippen molar-refractivity contribution in [3.63, 3.8) is 0 Å². The third kappa shape index (κ3) is 2.66. The maximum atomic E-state index is 5.33. The molecule has 0 fully saturated rings. The highest BCUT2D eigenvalue weighted by Gasteiger charge is 2.14. The Morgan fingerprint density at radius 1 is 1.25 bits per heavy atom. The lowest BCUT2D eigenvalue weighted by atomic mass is 10.1. The minimum absolute atomic E-state index is 0.600. The molecule has 0 aliphatic carbocycles. The van der Waals surface area contributed by atoms with Crippen molar-refractivity contribution in [2.24, 2.45) is 0 Å². The molecule has 0 saturated heterocycles. The predicted octanol–water partition coefficient (Wildman–Crippen LogP) is 2.43. The molecule has 0 aliphatic rings. The number of ether oxygens (including phenoxy) is 2. The topological polar surface area (TPSA) is 39.7 Å². The SMILES string of the molecule is CONCc1c(Br)cc(OC)c(OC)c1C. The number of halogens is 1. The van der Waals surface area contributed by atoms with E-state index in [4.69, 9.17) is 14.3 Å². The van der Waals surface area contributed by atoms with Crippen LogP contribution in [0.1, 0.15) is 11.1 Å². The van der Waals surface area contributed by atoms with Gasteiger partial charge in [-0.3, -0.25) is 0 Å². The van der Waals surface area contributed by atoms with Gasteiger partial charge in [0, 0.05) is 16.6 Å². The van der Waals surface area contributed by atoms with Gasteiger partial charge in [-0.1, -0.05) is 15.9 Å². The van der Waals surface area contributed by atoms with Gasteiger partial charge in [-0.2, -0.15) is 5.48 Å². The zero-order chi connectivity index (χ0) is 12.1. The number of hydrogen-bond acceptors (Lipinski definition) is 4. The number of benzene rings is 1. The molecule has 1 aromatic rings. The van der Waals surface area contributed by atoms with Crippen molar-refractivity contribution in [2.75, 3.05) is 21.3 Å². The van der Waals surface area contributed by atoms with E-state index < -0.39 is 0 Å². The maximum absolute atomic E-state index is 5.33.